The Balaban J connectivity index is 3.82. The quantitative estimate of drug-likeness (QED) is 0.741. The summed E-state index contributed by atoms with van der Waals surface area (Å²) in [6, 6.07) is 3.49. The molecule has 1 aromatic carbocycles. The van der Waals surface area contributed by atoms with Gasteiger partial charge in [-0.3, -0.25) is 9.59 Å². The molecule has 0 atom stereocenters. The summed E-state index contributed by atoms with van der Waals surface area (Å²) in [6.07, 6.45) is 1.76. The van der Waals surface area contributed by atoms with Crippen LogP contribution in [0, 0.1) is 0 Å². The van der Waals surface area contributed by atoms with Crippen LogP contribution in [-0.4, -0.2) is 12.6 Å². The molecule has 2 heteroatoms. The Morgan fingerprint density at radius 1 is 0.722 bits per heavy atom. The zero-order valence-electron chi connectivity index (χ0n) is 12.1. The van der Waals surface area contributed by atoms with Crippen molar-refractivity contribution in [3.05, 3.63) is 34.4 Å². The van der Waals surface area contributed by atoms with Gasteiger partial charge in [0.1, 0.15) is 12.6 Å². The maximum atomic E-state index is 11.3. The van der Waals surface area contributed by atoms with E-state index in [-0.39, 0.29) is 10.8 Å². The lowest BCUT2D eigenvalue weighted by atomic mass is 9.71. The largest absolute Gasteiger partial charge is 0.298 e. The third kappa shape index (κ3) is 2.69. The van der Waals surface area contributed by atoms with Crippen molar-refractivity contribution in [2.75, 3.05) is 0 Å². The Morgan fingerprint density at radius 2 is 1.00 bits per heavy atom. The molecule has 0 saturated heterocycles. The molecule has 0 radical (unpaired) electrons. The molecule has 0 aliphatic rings. The van der Waals surface area contributed by atoms with E-state index in [0.29, 0.717) is 11.1 Å². The average Bonchev–Trinajstić information content (AvgIpc) is 2.24. The Kier molecular flexibility index (Phi) is 3.80. The Hall–Kier alpha value is -1.44. The zero-order valence-corrected chi connectivity index (χ0v) is 12.1. The van der Waals surface area contributed by atoms with Gasteiger partial charge in [-0.25, -0.2) is 0 Å². The van der Waals surface area contributed by atoms with Crippen LogP contribution in [0.25, 0.3) is 0 Å². The zero-order chi connectivity index (χ0) is 14.1. The van der Waals surface area contributed by atoms with Gasteiger partial charge in [0.05, 0.1) is 0 Å². The summed E-state index contributed by atoms with van der Waals surface area (Å²) < 4.78 is 0. The molecule has 0 fully saturated rings. The highest BCUT2D eigenvalue weighted by molar-refractivity contribution is 5.85. The summed E-state index contributed by atoms with van der Waals surface area (Å²) in [4.78, 5) is 22.5. The standard InChI is InChI=1S/C16H22O2/c1-15(2,3)13-11(9-17)7-8-12(10-18)14(13)16(4,5)6/h7-10H,1-6H3. The minimum absolute atomic E-state index is 0.169. The molecule has 0 bridgehead atoms. The predicted molar refractivity (Wildman–Crippen MR) is 74.6 cm³/mol. The van der Waals surface area contributed by atoms with E-state index in [2.05, 4.69) is 41.5 Å². The third-order valence-electron chi connectivity index (χ3n) is 3.02. The van der Waals surface area contributed by atoms with Crippen LogP contribution in [0.1, 0.15) is 73.4 Å². The van der Waals surface area contributed by atoms with Crippen molar-refractivity contribution in [2.24, 2.45) is 0 Å². The van der Waals surface area contributed by atoms with Gasteiger partial charge in [-0.2, -0.15) is 0 Å². The predicted octanol–water partition coefficient (Wildman–Crippen LogP) is 3.91. The summed E-state index contributed by atoms with van der Waals surface area (Å²) in [6.45, 7) is 12.4. The van der Waals surface area contributed by atoms with Crippen LogP contribution in [0.2, 0.25) is 0 Å². The molecule has 98 valence electrons. The number of carbonyl (C=O) groups excluding carboxylic acids is 2. The van der Waals surface area contributed by atoms with Crippen molar-refractivity contribution in [2.45, 2.75) is 52.4 Å². The molecule has 0 aliphatic heterocycles. The molecule has 1 rings (SSSR count). The van der Waals surface area contributed by atoms with Crippen molar-refractivity contribution in [3.63, 3.8) is 0 Å². The molecule has 0 aromatic heterocycles. The number of benzene rings is 1. The number of hydrogen-bond donors (Lipinski definition) is 0. The van der Waals surface area contributed by atoms with Gasteiger partial charge in [0.15, 0.2) is 0 Å². The maximum Gasteiger partial charge on any atom is 0.150 e. The van der Waals surface area contributed by atoms with E-state index < -0.39 is 0 Å². The second-order valence-electron chi connectivity index (χ2n) is 6.73. The van der Waals surface area contributed by atoms with E-state index in [1.165, 1.54) is 0 Å². The second-order valence-corrected chi connectivity index (χ2v) is 6.73. The molecule has 0 unspecified atom stereocenters. The van der Waals surface area contributed by atoms with Gasteiger partial charge in [0.25, 0.3) is 0 Å². The van der Waals surface area contributed by atoms with Crippen molar-refractivity contribution >= 4 is 12.6 Å². The van der Waals surface area contributed by atoms with E-state index in [4.69, 9.17) is 0 Å². The van der Waals surface area contributed by atoms with Gasteiger partial charge in [0, 0.05) is 11.1 Å². The fourth-order valence-corrected chi connectivity index (χ4v) is 2.45. The van der Waals surface area contributed by atoms with Crippen LogP contribution in [0.5, 0.6) is 0 Å². The van der Waals surface area contributed by atoms with Gasteiger partial charge in [-0.15, -0.1) is 0 Å². The summed E-state index contributed by atoms with van der Waals surface area (Å²) in [5, 5.41) is 0. The molecule has 0 amide bonds. The molecular weight excluding hydrogens is 224 g/mol. The topological polar surface area (TPSA) is 34.1 Å². The van der Waals surface area contributed by atoms with Gasteiger partial charge in [-0.05, 0) is 22.0 Å². The van der Waals surface area contributed by atoms with Crippen molar-refractivity contribution in [1.29, 1.82) is 0 Å². The highest BCUT2D eigenvalue weighted by Gasteiger charge is 2.29. The molecule has 0 spiro atoms. The first kappa shape index (κ1) is 14.6. The van der Waals surface area contributed by atoms with Crippen molar-refractivity contribution in [1.82, 2.24) is 0 Å². The van der Waals surface area contributed by atoms with Gasteiger partial charge >= 0.3 is 0 Å². The van der Waals surface area contributed by atoms with Crippen molar-refractivity contribution in [3.8, 4) is 0 Å². The average molecular weight is 246 g/mol. The lowest BCUT2D eigenvalue weighted by Gasteiger charge is -2.32. The summed E-state index contributed by atoms with van der Waals surface area (Å²) in [5.74, 6) is 0. The molecule has 1 aromatic rings. The van der Waals surface area contributed by atoms with Crippen molar-refractivity contribution < 1.29 is 9.59 Å². The van der Waals surface area contributed by atoms with Crippen LogP contribution in [0.15, 0.2) is 12.1 Å². The van der Waals surface area contributed by atoms with Crippen LogP contribution in [0.3, 0.4) is 0 Å². The second kappa shape index (κ2) is 4.68. The minimum atomic E-state index is -0.169. The number of rotatable bonds is 2. The summed E-state index contributed by atoms with van der Waals surface area (Å²) in [7, 11) is 0. The fourth-order valence-electron chi connectivity index (χ4n) is 2.45. The Labute approximate surface area is 109 Å². The maximum absolute atomic E-state index is 11.3. The monoisotopic (exact) mass is 246 g/mol. The lowest BCUT2D eigenvalue weighted by Crippen LogP contribution is -2.25. The van der Waals surface area contributed by atoms with Crippen LogP contribution in [-0.2, 0) is 10.8 Å². The van der Waals surface area contributed by atoms with Gasteiger partial charge in [0.2, 0.25) is 0 Å². The van der Waals surface area contributed by atoms with Crippen LogP contribution in [0.4, 0.5) is 0 Å². The first-order valence-corrected chi connectivity index (χ1v) is 6.21. The highest BCUT2D eigenvalue weighted by atomic mass is 16.1. The Bertz CT molecular complexity index is 426. The normalized spacial score (nSPS) is 12.3. The van der Waals surface area contributed by atoms with E-state index in [1.54, 1.807) is 12.1 Å². The van der Waals surface area contributed by atoms with Crippen LogP contribution < -0.4 is 0 Å². The number of aldehydes is 2. The summed E-state index contributed by atoms with van der Waals surface area (Å²) >= 11 is 0. The molecule has 0 N–H and O–H groups in total. The smallest absolute Gasteiger partial charge is 0.150 e. The number of hydrogen-bond acceptors (Lipinski definition) is 2. The van der Waals surface area contributed by atoms with Gasteiger partial charge < -0.3 is 0 Å². The number of carbonyl (C=O) groups is 2. The molecule has 0 saturated carbocycles. The molecule has 2 nitrogen and oxygen atoms in total. The molecule has 18 heavy (non-hydrogen) atoms. The van der Waals surface area contributed by atoms with E-state index >= 15 is 0 Å². The molecule has 0 aliphatic carbocycles. The first-order chi connectivity index (χ1) is 8.12. The minimum Gasteiger partial charge on any atom is -0.298 e. The van der Waals surface area contributed by atoms with Gasteiger partial charge in [-0.1, -0.05) is 53.7 Å². The van der Waals surface area contributed by atoms with E-state index in [1.807, 2.05) is 0 Å². The summed E-state index contributed by atoms with van der Waals surface area (Å²) in [5.41, 5.74) is 2.98. The lowest BCUT2D eigenvalue weighted by molar-refractivity contribution is 0.110. The fraction of sp³-hybridized carbons (Fsp3) is 0.500. The Morgan fingerprint density at radius 3 is 1.17 bits per heavy atom. The van der Waals surface area contributed by atoms with E-state index in [9.17, 15) is 9.59 Å². The van der Waals surface area contributed by atoms with E-state index in [0.717, 1.165) is 23.7 Å². The third-order valence-corrected chi connectivity index (χ3v) is 3.02. The van der Waals surface area contributed by atoms with Crippen LogP contribution >= 0.6 is 0 Å². The molecular formula is C16H22O2. The first-order valence-electron chi connectivity index (χ1n) is 6.21. The highest BCUT2D eigenvalue weighted by Crippen LogP contribution is 2.37. The SMILES string of the molecule is CC(C)(C)c1c(C=O)ccc(C=O)c1C(C)(C)C. The molecule has 0 heterocycles.